The van der Waals surface area contributed by atoms with Crippen molar-refractivity contribution >= 4 is 6.03 Å². The fourth-order valence-corrected chi connectivity index (χ4v) is 2.69. The van der Waals surface area contributed by atoms with Crippen LogP contribution in [-0.4, -0.2) is 55.1 Å². The van der Waals surface area contributed by atoms with Crippen LogP contribution in [0.3, 0.4) is 0 Å². The van der Waals surface area contributed by atoms with Crippen LogP contribution in [0.1, 0.15) is 18.9 Å². The smallest absolute Gasteiger partial charge is 0.318 e. The largest absolute Gasteiger partial charge is 0.337 e. The van der Waals surface area contributed by atoms with E-state index in [1.807, 2.05) is 11.0 Å². The molecule has 2 rings (SSSR count). The van der Waals surface area contributed by atoms with Gasteiger partial charge in [-0.05, 0) is 25.5 Å². The molecule has 2 amide bonds. The maximum absolute atomic E-state index is 12.1. The van der Waals surface area contributed by atoms with Gasteiger partial charge in [-0.2, -0.15) is 0 Å². The zero-order chi connectivity index (χ0) is 15.8. The van der Waals surface area contributed by atoms with Crippen molar-refractivity contribution in [2.24, 2.45) is 0 Å². The van der Waals surface area contributed by atoms with Gasteiger partial charge in [-0.1, -0.05) is 49.4 Å². The van der Waals surface area contributed by atoms with E-state index in [2.05, 4.69) is 60.6 Å². The lowest BCUT2D eigenvalue weighted by Crippen LogP contribution is -2.45. The van der Waals surface area contributed by atoms with E-state index < -0.39 is 0 Å². The van der Waals surface area contributed by atoms with E-state index >= 15 is 0 Å². The number of nitrogens with one attached hydrogen (secondary N) is 1. The fraction of sp³-hybridized carbons (Fsp3) is 0.500. The lowest BCUT2D eigenvalue weighted by Gasteiger charge is -2.24. The van der Waals surface area contributed by atoms with E-state index in [0.717, 1.165) is 32.5 Å². The monoisotopic (exact) mass is 301 g/mol. The Labute approximate surface area is 133 Å². The predicted molar refractivity (Wildman–Crippen MR) is 91.0 cm³/mol. The second-order valence-corrected chi connectivity index (χ2v) is 5.83. The third-order valence-electron chi connectivity index (χ3n) is 4.13. The van der Waals surface area contributed by atoms with Crippen LogP contribution in [0, 0.1) is 0 Å². The zero-order valence-corrected chi connectivity index (χ0v) is 13.7. The number of hydrogen-bond donors (Lipinski definition) is 1. The van der Waals surface area contributed by atoms with E-state index in [1.54, 1.807) is 0 Å². The maximum Gasteiger partial charge on any atom is 0.318 e. The SMILES string of the molecule is CC[C@@H]1C=CCN1C(=O)NCCN(C)CCc1ccccc1. The number of carbonyl (C=O) groups excluding carboxylic acids is 1. The van der Waals surface area contributed by atoms with Gasteiger partial charge in [0.2, 0.25) is 0 Å². The Hall–Kier alpha value is -1.81. The van der Waals surface area contributed by atoms with Crippen molar-refractivity contribution in [3.8, 4) is 0 Å². The molecule has 0 unspecified atom stereocenters. The predicted octanol–water partition coefficient (Wildman–Crippen LogP) is 2.52. The molecule has 1 aromatic rings. The van der Waals surface area contributed by atoms with Crippen molar-refractivity contribution in [2.75, 3.05) is 33.2 Å². The molecule has 1 aliphatic rings. The third-order valence-corrected chi connectivity index (χ3v) is 4.13. The molecule has 0 aromatic heterocycles. The first-order valence-electron chi connectivity index (χ1n) is 8.14. The van der Waals surface area contributed by atoms with Crippen molar-refractivity contribution in [1.82, 2.24) is 15.1 Å². The number of amides is 2. The first-order valence-corrected chi connectivity index (χ1v) is 8.14. The lowest BCUT2D eigenvalue weighted by molar-refractivity contribution is 0.194. The molecule has 1 atom stereocenters. The topological polar surface area (TPSA) is 35.6 Å². The first-order chi connectivity index (χ1) is 10.7. The molecular formula is C18H27N3O. The van der Waals surface area contributed by atoms with Crippen LogP contribution in [0.4, 0.5) is 4.79 Å². The van der Waals surface area contributed by atoms with Gasteiger partial charge in [0, 0.05) is 26.2 Å². The Morgan fingerprint density at radius 1 is 1.32 bits per heavy atom. The van der Waals surface area contributed by atoms with E-state index in [9.17, 15) is 4.79 Å². The highest BCUT2D eigenvalue weighted by Crippen LogP contribution is 2.12. The molecule has 1 N–H and O–H groups in total. The van der Waals surface area contributed by atoms with Crippen LogP contribution >= 0.6 is 0 Å². The first kappa shape index (κ1) is 16.6. The van der Waals surface area contributed by atoms with Gasteiger partial charge >= 0.3 is 6.03 Å². The van der Waals surface area contributed by atoms with E-state index in [1.165, 1.54) is 5.56 Å². The standard InChI is InChI=1S/C18H27N3O/c1-3-17-10-7-13-21(17)18(22)19-12-15-20(2)14-11-16-8-5-4-6-9-16/h4-10,17H,3,11-15H2,1-2H3,(H,19,22)/t17-/m1/s1. The van der Waals surface area contributed by atoms with Gasteiger partial charge in [0.25, 0.3) is 0 Å². The van der Waals surface area contributed by atoms with E-state index in [0.29, 0.717) is 6.54 Å². The van der Waals surface area contributed by atoms with Gasteiger partial charge in [0.1, 0.15) is 0 Å². The number of likely N-dealkylation sites (N-methyl/N-ethyl adjacent to an activating group) is 1. The molecule has 1 heterocycles. The van der Waals surface area contributed by atoms with Crippen LogP contribution in [0.5, 0.6) is 0 Å². The number of hydrogen-bond acceptors (Lipinski definition) is 2. The van der Waals surface area contributed by atoms with Gasteiger partial charge in [-0.3, -0.25) is 0 Å². The Balaban J connectivity index is 1.62. The molecule has 0 aliphatic carbocycles. The minimum Gasteiger partial charge on any atom is -0.337 e. The van der Waals surface area contributed by atoms with Crippen LogP contribution in [-0.2, 0) is 6.42 Å². The summed E-state index contributed by atoms with van der Waals surface area (Å²) >= 11 is 0. The number of nitrogens with zero attached hydrogens (tertiary/aromatic N) is 2. The average Bonchev–Trinajstić information content (AvgIpc) is 3.02. The summed E-state index contributed by atoms with van der Waals surface area (Å²) in [5.41, 5.74) is 1.35. The summed E-state index contributed by atoms with van der Waals surface area (Å²) in [6, 6.07) is 10.8. The Morgan fingerprint density at radius 2 is 2.09 bits per heavy atom. The molecule has 0 fully saturated rings. The zero-order valence-electron chi connectivity index (χ0n) is 13.7. The number of carbonyl (C=O) groups is 1. The molecule has 0 saturated carbocycles. The van der Waals surface area contributed by atoms with Crippen LogP contribution < -0.4 is 5.32 Å². The molecule has 0 spiro atoms. The summed E-state index contributed by atoms with van der Waals surface area (Å²) in [6.07, 6.45) is 6.20. The van der Waals surface area contributed by atoms with Gasteiger partial charge in [-0.15, -0.1) is 0 Å². The van der Waals surface area contributed by atoms with Crippen LogP contribution in [0.2, 0.25) is 0 Å². The summed E-state index contributed by atoms with van der Waals surface area (Å²) in [7, 11) is 2.10. The minimum atomic E-state index is 0.0494. The average molecular weight is 301 g/mol. The highest BCUT2D eigenvalue weighted by atomic mass is 16.2. The fourth-order valence-electron chi connectivity index (χ4n) is 2.69. The quantitative estimate of drug-likeness (QED) is 0.786. The van der Waals surface area contributed by atoms with Gasteiger partial charge in [-0.25, -0.2) is 4.79 Å². The number of urea groups is 1. The summed E-state index contributed by atoms with van der Waals surface area (Å²) in [5, 5.41) is 3.02. The summed E-state index contributed by atoms with van der Waals surface area (Å²) < 4.78 is 0. The van der Waals surface area contributed by atoms with Gasteiger partial charge in [0.05, 0.1) is 6.04 Å². The van der Waals surface area contributed by atoms with E-state index in [-0.39, 0.29) is 12.1 Å². The summed E-state index contributed by atoms with van der Waals surface area (Å²) in [6.45, 7) is 5.41. The molecule has 0 saturated heterocycles. The summed E-state index contributed by atoms with van der Waals surface area (Å²) in [5.74, 6) is 0. The normalized spacial score (nSPS) is 17.2. The number of benzene rings is 1. The molecular weight excluding hydrogens is 274 g/mol. The Morgan fingerprint density at radius 3 is 2.82 bits per heavy atom. The van der Waals surface area contributed by atoms with Crippen LogP contribution in [0.25, 0.3) is 0 Å². The van der Waals surface area contributed by atoms with Gasteiger partial charge in [0.15, 0.2) is 0 Å². The highest BCUT2D eigenvalue weighted by molar-refractivity contribution is 5.75. The second kappa shape index (κ2) is 8.59. The van der Waals surface area contributed by atoms with E-state index in [4.69, 9.17) is 0 Å². The molecule has 22 heavy (non-hydrogen) atoms. The Bertz CT molecular complexity index is 486. The minimum absolute atomic E-state index is 0.0494. The molecule has 1 aliphatic heterocycles. The molecule has 0 radical (unpaired) electrons. The molecule has 120 valence electrons. The highest BCUT2D eigenvalue weighted by Gasteiger charge is 2.22. The second-order valence-electron chi connectivity index (χ2n) is 5.83. The van der Waals surface area contributed by atoms with Crippen molar-refractivity contribution < 1.29 is 4.79 Å². The van der Waals surface area contributed by atoms with Crippen molar-refractivity contribution in [3.63, 3.8) is 0 Å². The van der Waals surface area contributed by atoms with Crippen LogP contribution in [0.15, 0.2) is 42.5 Å². The van der Waals surface area contributed by atoms with Crippen molar-refractivity contribution in [2.45, 2.75) is 25.8 Å². The molecule has 4 nitrogen and oxygen atoms in total. The Kier molecular flexibility index (Phi) is 6.46. The molecule has 1 aromatic carbocycles. The van der Waals surface area contributed by atoms with Crippen molar-refractivity contribution in [3.05, 3.63) is 48.0 Å². The summed E-state index contributed by atoms with van der Waals surface area (Å²) in [4.78, 5) is 16.3. The van der Waals surface area contributed by atoms with Crippen molar-refractivity contribution in [1.29, 1.82) is 0 Å². The molecule has 4 heteroatoms. The number of rotatable bonds is 7. The maximum atomic E-state index is 12.1. The lowest BCUT2D eigenvalue weighted by atomic mass is 10.1. The molecule has 0 bridgehead atoms. The van der Waals surface area contributed by atoms with Gasteiger partial charge < -0.3 is 15.1 Å². The third kappa shape index (κ3) is 4.88.